The van der Waals surface area contributed by atoms with Crippen LogP contribution in [0.3, 0.4) is 0 Å². The zero-order valence-corrected chi connectivity index (χ0v) is 19.0. The van der Waals surface area contributed by atoms with Gasteiger partial charge in [0.05, 0.1) is 23.4 Å². The first kappa shape index (κ1) is 22.0. The summed E-state index contributed by atoms with van der Waals surface area (Å²) in [7, 11) is 1.52. The zero-order chi connectivity index (χ0) is 22.0. The monoisotopic (exact) mass is 460 g/mol. The number of methoxy groups -OCH3 is 1. The Bertz CT molecular complexity index is 993. The van der Waals surface area contributed by atoms with Crippen LogP contribution in [-0.2, 0) is 0 Å². The number of piperidine rings is 1. The third-order valence-corrected chi connectivity index (χ3v) is 6.92. The summed E-state index contributed by atoms with van der Waals surface area (Å²) in [5.41, 5.74) is 1.36. The molecule has 4 rings (SSSR count). The lowest BCUT2D eigenvalue weighted by Gasteiger charge is -2.44. The summed E-state index contributed by atoms with van der Waals surface area (Å²) in [5, 5.41) is 3.54. The lowest BCUT2D eigenvalue weighted by Crippen LogP contribution is -2.49. The van der Waals surface area contributed by atoms with Gasteiger partial charge in [0.1, 0.15) is 5.75 Å². The summed E-state index contributed by atoms with van der Waals surface area (Å²) >= 11 is 12.1. The van der Waals surface area contributed by atoms with E-state index in [-0.39, 0.29) is 16.8 Å². The highest BCUT2D eigenvalue weighted by Gasteiger charge is 2.36. The predicted octanol–water partition coefficient (Wildman–Crippen LogP) is 6.05. The van der Waals surface area contributed by atoms with Gasteiger partial charge in [0.15, 0.2) is 0 Å². The maximum atomic E-state index is 13.3. The Morgan fingerprint density at radius 1 is 1.03 bits per heavy atom. The van der Waals surface area contributed by atoms with Crippen LogP contribution in [0.25, 0.3) is 0 Å². The molecular formula is C24H26Cl2N2O3. The lowest BCUT2D eigenvalue weighted by molar-refractivity contribution is 0.0390. The Kier molecular flexibility index (Phi) is 6.73. The Balaban J connectivity index is 1.53. The Morgan fingerprint density at radius 3 is 2.58 bits per heavy atom. The Morgan fingerprint density at radius 2 is 1.81 bits per heavy atom. The van der Waals surface area contributed by atoms with Crippen molar-refractivity contribution in [2.24, 2.45) is 5.92 Å². The average Bonchev–Trinajstić information content (AvgIpc) is 2.78. The van der Waals surface area contributed by atoms with E-state index in [2.05, 4.69) is 5.32 Å². The van der Waals surface area contributed by atoms with Gasteiger partial charge in [-0.3, -0.25) is 9.59 Å². The van der Waals surface area contributed by atoms with Gasteiger partial charge >= 0.3 is 0 Å². The fourth-order valence-electron chi connectivity index (χ4n) is 4.83. The van der Waals surface area contributed by atoms with Crippen molar-refractivity contribution in [3.63, 3.8) is 0 Å². The minimum Gasteiger partial charge on any atom is -0.495 e. The minimum absolute atomic E-state index is 0.0357. The van der Waals surface area contributed by atoms with Crippen molar-refractivity contribution in [2.45, 2.75) is 44.6 Å². The summed E-state index contributed by atoms with van der Waals surface area (Å²) in [4.78, 5) is 28.0. The largest absolute Gasteiger partial charge is 0.495 e. The molecule has 0 unspecified atom stereocenters. The van der Waals surface area contributed by atoms with Gasteiger partial charge < -0.3 is 15.0 Å². The van der Waals surface area contributed by atoms with E-state index in [9.17, 15) is 9.59 Å². The molecule has 0 spiro atoms. The molecule has 2 atom stereocenters. The quantitative estimate of drug-likeness (QED) is 0.603. The minimum atomic E-state index is -0.375. The number of likely N-dealkylation sites (tertiary alicyclic amines) is 1. The first-order chi connectivity index (χ1) is 15.0. The number of carbonyl (C=O) groups is 2. The van der Waals surface area contributed by atoms with Crippen LogP contribution >= 0.6 is 23.2 Å². The smallest absolute Gasteiger partial charge is 0.257 e. The van der Waals surface area contributed by atoms with Gasteiger partial charge in [-0.2, -0.15) is 0 Å². The number of halogens is 2. The fourth-order valence-corrected chi connectivity index (χ4v) is 5.33. The second kappa shape index (κ2) is 9.49. The molecule has 1 heterocycles. The molecule has 1 N–H and O–H groups in total. The predicted molar refractivity (Wildman–Crippen MR) is 123 cm³/mol. The van der Waals surface area contributed by atoms with Gasteiger partial charge in [0.25, 0.3) is 11.8 Å². The van der Waals surface area contributed by atoms with Crippen LogP contribution in [0.5, 0.6) is 5.75 Å². The number of nitrogens with one attached hydrogen (secondary N) is 1. The number of amides is 2. The molecule has 0 bridgehead atoms. The third kappa shape index (κ3) is 4.68. The van der Waals surface area contributed by atoms with E-state index in [1.54, 1.807) is 30.3 Å². The molecule has 5 nitrogen and oxygen atoms in total. The Hall–Kier alpha value is -2.24. The highest BCUT2D eigenvalue weighted by molar-refractivity contribution is 6.37. The van der Waals surface area contributed by atoms with Crippen molar-refractivity contribution in [3.05, 3.63) is 57.6 Å². The molecule has 2 fully saturated rings. The molecule has 1 aliphatic heterocycles. The molecule has 0 aromatic heterocycles. The number of fused-ring (bicyclic) bond motifs is 1. The second-order valence-corrected chi connectivity index (χ2v) is 9.09. The van der Waals surface area contributed by atoms with Crippen LogP contribution in [0.15, 0.2) is 36.4 Å². The normalized spacial score (nSPS) is 20.7. The second-order valence-electron chi connectivity index (χ2n) is 8.25. The van der Waals surface area contributed by atoms with Gasteiger partial charge in [-0.15, -0.1) is 0 Å². The van der Waals surface area contributed by atoms with E-state index in [1.807, 2.05) is 4.90 Å². The van der Waals surface area contributed by atoms with E-state index >= 15 is 0 Å². The zero-order valence-electron chi connectivity index (χ0n) is 17.5. The van der Waals surface area contributed by atoms with Crippen molar-refractivity contribution in [3.8, 4) is 5.75 Å². The third-order valence-electron chi connectivity index (χ3n) is 6.38. The molecule has 1 saturated carbocycles. The summed E-state index contributed by atoms with van der Waals surface area (Å²) in [6.45, 7) is 0.801. The molecule has 164 valence electrons. The Labute approximate surface area is 192 Å². The molecule has 0 radical (unpaired) electrons. The van der Waals surface area contributed by atoms with Gasteiger partial charge in [-0.1, -0.05) is 36.0 Å². The molecule has 31 heavy (non-hydrogen) atoms. The van der Waals surface area contributed by atoms with E-state index in [4.69, 9.17) is 27.9 Å². The molecule has 2 aromatic carbocycles. The van der Waals surface area contributed by atoms with Crippen molar-refractivity contribution in [1.82, 2.24) is 4.90 Å². The van der Waals surface area contributed by atoms with Crippen molar-refractivity contribution >= 4 is 40.7 Å². The molecule has 1 saturated heterocycles. The number of ether oxygens (including phenoxy) is 1. The summed E-state index contributed by atoms with van der Waals surface area (Å²) < 4.78 is 5.48. The number of carbonyl (C=O) groups excluding carboxylic acids is 2. The van der Waals surface area contributed by atoms with Crippen LogP contribution < -0.4 is 10.1 Å². The maximum absolute atomic E-state index is 13.3. The summed E-state index contributed by atoms with van der Waals surface area (Å²) in [6, 6.07) is 10.2. The van der Waals surface area contributed by atoms with Crippen LogP contribution in [0.4, 0.5) is 5.69 Å². The van der Waals surface area contributed by atoms with E-state index in [0.717, 1.165) is 19.4 Å². The van der Waals surface area contributed by atoms with Crippen LogP contribution in [-0.4, -0.2) is 36.4 Å². The molecule has 2 aliphatic rings. The van der Waals surface area contributed by atoms with Crippen molar-refractivity contribution in [1.29, 1.82) is 0 Å². The lowest BCUT2D eigenvalue weighted by atomic mass is 9.78. The van der Waals surface area contributed by atoms with Gasteiger partial charge in [0, 0.05) is 23.2 Å². The molecule has 7 heteroatoms. The number of hydrogen-bond acceptors (Lipinski definition) is 3. The average molecular weight is 461 g/mol. The number of benzene rings is 2. The van der Waals surface area contributed by atoms with Crippen LogP contribution in [0.2, 0.25) is 10.0 Å². The summed E-state index contributed by atoms with van der Waals surface area (Å²) in [6.07, 6.45) is 7.03. The molecular weight excluding hydrogens is 435 g/mol. The highest BCUT2D eigenvalue weighted by Crippen LogP contribution is 2.36. The first-order valence-electron chi connectivity index (χ1n) is 10.7. The van der Waals surface area contributed by atoms with E-state index in [0.29, 0.717) is 39.5 Å². The van der Waals surface area contributed by atoms with Crippen LogP contribution in [0, 0.1) is 5.92 Å². The first-order valence-corrected chi connectivity index (χ1v) is 11.5. The number of nitrogens with zero attached hydrogens (tertiary/aromatic N) is 1. The molecule has 2 aromatic rings. The number of hydrogen-bond donors (Lipinski definition) is 1. The highest BCUT2D eigenvalue weighted by atomic mass is 35.5. The van der Waals surface area contributed by atoms with Gasteiger partial charge in [-0.05, 0) is 68.0 Å². The number of anilines is 1. The summed E-state index contributed by atoms with van der Waals surface area (Å²) in [5.74, 6) is 0.714. The SMILES string of the molecule is COc1cc(C(=O)N2CCC[C@@H]3CCCC[C@@H]32)ccc1NC(=O)c1ccc(Cl)cc1Cl. The standard InChI is InChI=1S/C24H26Cl2N2O3/c1-31-22-13-16(24(30)28-12-4-6-15-5-2-3-7-21(15)28)8-11-20(22)27-23(29)18-10-9-17(25)14-19(18)26/h8-11,13-15,21H,2-7,12H2,1H3,(H,27,29)/t15-,21-/m0/s1. The van der Waals surface area contributed by atoms with Crippen molar-refractivity contribution < 1.29 is 14.3 Å². The molecule has 1 aliphatic carbocycles. The number of rotatable bonds is 4. The molecule has 2 amide bonds. The van der Waals surface area contributed by atoms with Crippen molar-refractivity contribution in [2.75, 3.05) is 19.0 Å². The van der Waals surface area contributed by atoms with Gasteiger partial charge in [0.2, 0.25) is 0 Å². The van der Waals surface area contributed by atoms with Crippen LogP contribution in [0.1, 0.15) is 59.2 Å². The topological polar surface area (TPSA) is 58.6 Å². The van der Waals surface area contributed by atoms with E-state index < -0.39 is 0 Å². The van der Waals surface area contributed by atoms with Gasteiger partial charge in [-0.25, -0.2) is 0 Å². The maximum Gasteiger partial charge on any atom is 0.257 e. The fraction of sp³-hybridized carbons (Fsp3) is 0.417. The van der Waals surface area contributed by atoms with E-state index in [1.165, 1.54) is 38.9 Å².